The molecule has 2 aromatic carbocycles. The largest absolute Gasteiger partial charge is 0.364 e. The number of likely N-dealkylation sites (tertiary alicyclic amines) is 1. The summed E-state index contributed by atoms with van der Waals surface area (Å²) in [5.41, 5.74) is 4.41. The summed E-state index contributed by atoms with van der Waals surface area (Å²) in [5, 5.41) is 0. The SMILES string of the molecule is Cc1ccc(C2(C(=O)N3CCC4(C3)OCc3ccccc34)CC2)cc1. The average Bonchev–Trinajstić information content (AvgIpc) is 3.22. The van der Waals surface area contributed by atoms with Crippen LogP contribution in [0.4, 0.5) is 0 Å². The van der Waals surface area contributed by atoms with Crippen LogP contribution < -0.4 is 0 Å². The Labute approximate surface area is 148 Å². The Bertz CT molecular complexity index is 837. The smallest absolute Gasteiger partial charge is 0.233 e. The third-order valence-electron chi connectivity index (χ3n) is 6.29. The normalized spacial score (nSPS) is 26.0. The van der Waals surface area contributed by atoms with E-state index in [4.69, 9.17) is 4.74 Å². The highest BCUT2D eigenvalue weighted by Crippen LogP contribution is 2.52. The molecule has 1 unspecified atom stereocenters. The first kappa shape index (κ1) is 15.2. The highest BCUT2D eigenvalue weighted by atomic mass is 16.5. The first-order valence-electron chi connectivity index (χ1n) is 9.22. The summed E-state index contributed by atoms with van der Waals surface area (Å²) in [4.78, 5) is 15.4. The molecule has 0 N–H and O–H groups in total. The molecule has 2 aromatic rings. The van der Waals surface area contributed by atoms with Crippen molar-refractivity contribution in [3.8, 4) is 0 Å². The number of carbonyl (C=O) groups excluding carboxylic acids is 1. The molecule has 2 fully saturated rings. The number of fused-ring (bicyclic) bond motifs is 2. The van der Waals surface area contributed by atoms with E-state index >= 15 is 0 Å². The van der Waals surface area contributed by atoms with E-state index in [0.29, 0.717) is 19.1 Å². The number of ether oxygens (including phenoxy) is 1. The van der Waals surface area contributed by atoms with Gasteiger partial charge < -0.3 is 9.64 Å². The molecule has 1 saturated heterocycles. The second kappa shape index (κ2) is 5.18. The average molecular weight is 333 g/mol. The van der Waals surface area contributed by atoms with Gasteiger partial charge in [-0.1, -0.05) is 54.1 Å². The number of nitrogens with zero attached hydrogens (tertiary/aromatic N) is 1. The van der Waals surface area contributed by atoms with Crippen LogP contribution in [0, 0.1) is 6.92 Å². The second-order valence-electron chi connectivity index (χ2n) is 7.86. The molecule has 1 atom stereocenters. The van der Waals surface area contributed by atoms with Gasteiger partial charge in [0.25, 0.3) is 0 Å². The Hall–Kier alpha value is -2.13. The van der Waals surface area contributed by atoms with Crippen LogP contribution in [0.5, 0.6) is 0 Å². The molecule has 1 aliphatic carbocycles. The molecular weight excluding hydrogens is 310 g/mol. The van der Waals surface area contributed by atoms with E-state index in [-0.39, 0.29) is 11.0 Å². The number of carbonyl (C=O) groups is 1. The highest BCUT2D eigenvalue weighted by Gasteiger charge is 2.56. The van der Waals surface area contributed by atoms with Gasteiger partial charge in [-0.05, 0) is 42.9 Å². The Morgan fingerprint density at radius 1 is 1.04 bits per heavy atom. The zero-order valence-corrected chi connectivity index (χ0v) is 14.6. The van der Waals surface area contributed by atoms with Crippen molar-refractivity contribution in [1.29, 1.82) is 0 Å². The van der Waals surface area contributed by atoms with Gasteiger partial charge in [0.1, 0.15) is 5.60 Å². The molecule has 3 nitrogen and oxygen atoms in total. The Balaban J connectivity index is 1.41. The lowest BCUT2D eigenvalue weighted by molar-refractivity contribution is -0.134. The van der Waals surface area contributed by atoms with E-state index in [2.05, 4.69) is 60.4 Å². The van der Waals surface area contributed by atoms with Gasteiger partial charge in [0.2, 0.25) is 5.91 Å². The van der Waals surface area contributed by atoms with Crippen LogP contribution in [0.1, 0.15) is 41.5 Å². The summed E-state index contributed by atoms with van der Waals surface area (Å²) in [6, 6.07) is 17.0. The van der Waals surface area contributed by atoms with Crippen molar-refractivity contribution >= 4 is 5.91 Å². The van der Waals surface area contributed by atoms with Gasteiger partial charge in [-0.3, -0.25) is 4.79 Å². The second-order valence-corrected chi connectivity index (χ2v) is 7.86. The minimum absolute atomic E-state index is 0.280. The van der Waals surface area contributed by atoms with Crippen molar-refractivity contribution in [2.24, 2.45) is 0 Å². The quantitative estimate of drug-likeness (QED) is 0.839. The summed E-state index contributed by atoms with van der Waals surface area (Å²) in [6.07, 6.45) is 2.84. The van der Waals surface area contributed by atoms with E-state index in [1.54, 1.807) is 0 Å². The van der Waals surface area contributed by atoms with Crippen molar-refractivity contribution in [3.63, 3.8) is 0 Å². The molecule has 2 aliphatic heterocycles. The van der Waals surface area contributed by atoms with Crippen LogP contribution in [-0.4, -0.2) is 23.9 Å². The standard InChI is InChI=1S/C22H23NO2/c1-16-6-8-18(9-7-16)21(10-11-21)20(24)23-13-12-22(15-23)19-5-3-2-4-17(19)14-25-22/h2-9H,10-15H2,1H3. The molecule has 0 radical (unpaired) electrons. The van der Waals surface area contributed by atoms with Gasteiger partial charge in [0.15, 0.2) is 0 Å². The van der Waals surface area contributed by atoms with Gasteiger partial charge in [0, 0.05) is 6.54 Å². The minimum Gasteiger partial charge on any atom is -0.364 e. The fraction of sp³-hybridized carbons (Fsp3) is 0.409. The number of benzene rings is 2. The fourth-order valence-electron chi connectivity index (χ4n) is 4.60. The topological polar surface area (TPSA) is 29.5 Å². The molecule has 5 rings (SSSR count). The van der Waals surface area contributed by atoms with E-state index < -0.39 is 0 Å². The van der Waals surface area contributed by atoms with Crippen LogP contribution in [0.15, 0.2) is 48.5 Å². The first-order valence-corrected chi connectivity index (χ1v) is 9.22. The maximum absolute atomic E-state index is 13.3. The van der Waals surface area contributed by atoms with Crippen LogP contribution in [0.25, 0.3) is 0 Å². The lowest BCUT2D eigenvalue weighted by atomic mass is 9.91. The number of hydrogen-bond donors (Lipinski definition) is 0. The van der Waals surface area contributed by atoms with Gasteiger partial charge in [0.05, 0.1) is 18.6 Å². The summed E-state index contributed by atoms with van der Waals surface area (Å²) in [7, 11) is 0. The van der Waals surface area contributed by atoms with Crippen molar-refractivity contribution in [1.82, 2.24) is 4.90 Å². The number of aryl methyl sites for hydroxylation is 1. The van der Waals surface area contributed by atoms with E-state index in [1.165, 1.54) is 22.3 Å². The lowest BCUT2D eigenvalue weighted by Crippen LogP contribution is -2.40. The van der Waals surface area contributed by atoms with Crippen molar-refractivity contribution in [2.75, 3.05) is 13.1 Å². The van der Waals surface area contributed by atoms with Crippen molar-refractivity contribution < 1.29 is 9.53 Å². The van der Waals surface area contributed by atoms with E-state index in [0.717, 1.165) is 25.8 Å². The van der Waals surface area contributed by atoms with Gasteiger partial charge >= 0.3 is 0 Å². The van der Waals surface area contributed by atoms with Crippen molar-refractivity contribution in [2.45, 2.75) is 43.8 Å². The van der Waals surface area contributed by atoms with Crippen LogP contribution in [0.2, 0.25) is 0 Å². The summed E-state index contributed by atoms with van der Waals surface area (Å²) >= 11 is 0. The van der Waals surface area contributed by atoms with E-state index in [9.17, 15) is 4.79 Å². The molecule has 1 amide bonds. The number of rotatable bonds is 2. The Morgan fingerprint density at radius 2 is 1.80 bits per heavy atom. The minimum atomic E-state index is -0.282. The monoisotopic (exact) mass is 333 g/mol. The summed E-state index contributed by atoms with van der Waals surface area (Å²) in [5.74, 6) is 0.293. The summed E-state index contributed by atoms with van der Waals surface area (Å²) in [6.45, 7) is 4.24. The fourth-order valence-corrected chi connectivity index (χ4v) is 4.60. The van der Waals surface area contributed by atoms with Gasteiger partial charge in [-0.15, -0.1) is 0 Å². The van der Waals surface area contributed by atoms with Crippen LogP contribution in [0.3, 0.4) is 0 Å². The molecule has 1 spiro atoms. The summed E-state index contributed by atoms with van der Waals surface area (Å²) < 4.78 is 6.21. The van der Waals surface area contributed by atoms with E-state index in [1.807, 2.05) is 0 Å². The third-order valence-corrected chi connectivity index (χ3v) is 6.29. The highest BCUT2D eigenvalue weighted by molar-refractivity contribution is 5.91. The van der Waals surface area contributed by atoms with Crippen molar-refractivity contribution in [3.05, 3.63) is 70.8 Å². The number of amides is 1. The first-order chi connectivity index (χ1) is 12.1. The predicted octanol–water partition coefficient (Wildman–Crippen LogP) is 3.68. The molecule has 3 heteroatoms. The molecule has 0 aromatic heterocycles. The maximum Gasteiger partial charge on any atom is 0.233 e. The maximum atomic E-state index is 13.3. The van der Waals surface area contributed by atoms with Crippen LogP contribution >= 0.6 is 0 Å². The molecule has 128 valence electrons. The Morgan fingerprint density at radius 3 is 2.56 bits per heavy atom. The zero-order chi connectivity index (χ0) is 17.1. The third kappa shape index (κ3) is 2.18. The Kier molecular flexibility index (Phi) is 3.14. The lowest BCUT2D eigenvalue weighted by Gasteiger charge is -2.27. The molecule has 3 aliphatic rings. The number of hydrogen-bond acceptors (Lipinski definition) is 2. The molecule has 25 heavy (non-hydrogen) atoms. The molecule has 0 bridgehead atoms. The van der Waals surface area contributed by atoms with Gasteiger partial charge in [-0.2, -0.15) is 0 Å². The molecular formula is C22H23NO2. The van der Waals surface area contributed by atoms with Gasteiger partial charge in [-0.25, -0.2) is 0 Å². The molecule has 2 heterocycles. The molecule has 1 saturated carbocycles. The van der Waals surface area contributed by atoms with Crippen LogP contribution in [-0.2, 0) is 27.2 Å². The zero-order valence-electron chi connectivity index (χ0n) is 14.6. The predicted molar refractivity (Wildman–Crippen MR) is 96.2 cm³/mol.